The average molecular weight is 430 g/mol. The molecule has 3 rings (SSSR count). The zero-order chi connectivity index (χ0) is 22.0. The van der Waals surface area contributed by atoms with Gasteiger partial charge in [-0.2, -0.15) is 8.42 Å². The summed E-state index contributed by atoms with van der Waals surface area (Å²) >= 11 is 0. The maximum atomic E-state index is 11.8. The van der Waals surface area contributed by atoms with Gasteiger partial charge in [-0.1, -0.05) is 72.8 Å². The Hall–Kier alpha value is -3.63. The number of hydrogen-bond acceptors (Lipinski definition) is 7. The molecule has 3 aromatic rings. The number of nitro benzene ring substituents is 2. The summed E-state index contributed by atoms with van der Waals surface area (Å²) in [7, 11) is -3.53. The van der Waals surface area contributed by atoms with Crippen LogP contribution in [0.4, 0.5) is 11.4 Å². The molecule has 0 spiro atoms. The number of hydrogen-bond donors (Lipinski definition) is 0. The number of rotatable bonds is 7. The molecule has 0 amide bonds. The average Bonchev–Trinajstić information content (AvgIpc) is 2.74. The molecule has 0 aliphatic heterocycles. The first-order valence-corrected chi connectivity index (χ1v) is 10.2. The fourth-order valence-electron chi connectivity index (χ4n) is 2.33. The fraction of sp³-hybridized carbons (Fsp3) is 0.100. The normalized spacial score (nSPS) is 10.5. The van der Waals surface area contributed by atoms with Gasteiger partial charge in [0.25, 0.3) is 10.1 Å². The number of nitro groups is 2. The van der Waals surface area contributed by atoms with E-state index < -0.39 is 31.3 Å². The van der Waals surface area contributed by atoms with Gasteiger partial charge < -0.3 is 0 Å². The standard InChI is InChI=1S/C14H14O3S.C6H4N2O4/c15-18(16,12-14-9-5-2-6-10-14)17-11-13-7-3-1-4-8-13;9-7(10)5-3-1-2-4-6(5)8(11)12/h1-10H,11-12H2;1-4H. The molecule has 9 nitrogen and oxygen atoms in total. The van der Waals surface area contributed by atoms with Crippen LogP contribution >= 0.6 is 0 Å². The molecule has 3 aromatic carbocycles. The Morgan fingerprint density at radius 1 is 0.667 bits per heavy atom. The minimum absolute atomic E-state index is 0.0794. The Morgan fingerprint density at radius 2 is 1.07 bits per heavy atom. The lowest BCUT2D eigenvalue weighted by molar-refractivity contribution is -0.422. The highest BCUT2D eigenvalue weighted by atomic mass is 32.2. The van der Waals surface area contributed by atoms with Gasteiger partial charge in [-0.3, -0.25) is 24.4 Å². The monoisotopic (exact) mass is 430 g/mol. The van der Waals surface area contributed by atoms with Gasteiger partial charge >= 0.3 is 11.4 Å². The van der Waals surface area contributed by atoms with Gasteiger partial charge in [0.1, 0.15) is 5.75 Å². The van der Waals surface area contributed by atoms with Crippen molar-refractivity contribution in [2.24, 2.45) is 0 Å². The Morgan fingerprint density at radius 3 is 1.50 bits per heavy atom. The van der Waals surface area contributed by atoms with Gasteiger partial charge in [0.05, 0.1) is 16.5 Å². The highest BCUT2D eigenvalue weighted by Crippen LogP contribution is 2.24. The summed E-state index contributed by atoms with van der Waals surface area (Å²) in [5.74, 6) is -0.0966. The summed E-state index contributed by atoms with van der Waals surface area (Å²) in [6.45, 7) is 0.0794. The minimum Gasteiger partial charge on any atom is -0.265 e. The SMILES string of the molecule is O=S(=O)(Cc1ccccc1)OCc1ccccc1.O=[N+]([O-])c1ccccc1[N+](=O)[O-]. The van der Waals surface area contributed by atoms with Crippen molar-refractivity contribution < 1.29 is 22.4 Å². The first-order valence-electron chi connectivity index (χ1n) is 8.61. The molecular weight excluding hydrogens is 412 g/mol. The van der Waals surface area contributed by atoms with Crippen LogP contribution in [0.1, 0.15) is 11.1 Å². The number of nitrogens with zero attached hydrogens (tertiary/aromatic N) is 2. The molecule has 0 heterocycles. The van der Waals surface area contributed by atoms with Crippen molar-refractivity contribution in [2.75, 3.05) is 0 Å². The molecule has 0 N–H and O–H groups in total. The molecule has 0 fully saturated rings. The van der Waals surface area contributed by atoms with E-state index in [1.165, 1.54) is 12.1 Å². The number of para-hydroxylation sites is 2. The van der Waals surface area contributed by atoms with Crippen LogP contribution in [0.15, 0.2) is 84.9 Å². The summed E-state index contributed by atoms with van der Waals surface area (Å²) < 4.78 is 28.5. The molecule has 0 bridgehead atoms. The molecular formula is C20H18N2O7S. The zero-order valence-electron chi connectivity index (χ0n) is 15.7. The first-order chi connectivity index (χ1) is 14.3. The highest BCUT2D eigenvalue weighted by molar-refractivity contribution is 7.85. The van der Waals surface area contributed by atoms with Crippen molar-refractivity contribution in [1.29, 1.82) is 0 Å². The lowest BCUT2D eigenvalue weighted by Gasteiger charge is -2.05. The van der Waals surface area contributed by atoms with Crippen LogP contribution in [-0.2, 0) is 26.7 Å². The van der Waals surface area contributed by atoms with E-state index in [2.05, 4.69) is 0 Å². The van der Waals surface area contributed by atoms with Gasteiger partial charge in [-0.15, -0.1) is 0 Å². The van der Waals surface area contributed by atoms with Crippen LogP contribution in [0.5, 0.6) is 0 Å². The summed E-state index contributed by atoms with van der Waals surface area (Å²) in [6.07, 6.45) is 0. The number of benzene rings is 3. The molecule has 0 saturated carbocycles. The quantitative estimate of drug-likeness (QED) is 0.311. The Labute approximate surface area is 173 Å². The van der Waals surface area contributed by atoms with Gasteiger partial charge in [0.2, 0.25) is 0 Å². The van der Waals surface area contributed by atoms with Gasteiger partial charge in [0, 0.05) is 12.1 Å². The molecule has 0 atom stereocenters. The van der Waals surface area contributed by atoms with Crippen molar-refractivity contribution in [3.8, 4) is 0 Å². The molecule has 0 unspecified atom stereocenters. The fourth-order valence-corrected chi connectivity index (χ4v) is 3.32. The third-order valence-corrected chi connectivity index (χ3v) is 4.87. The van der Waals surface area contributed by atoms with Crippen LogP contribution in [0, 0.1) is 20.2 Å². The largest absolute Gasteiger partial charge is 0.346 e. The van der Waals surface area contributed by atoms with Crippen LogP contribution < -0.4 is 0 Å². The van der Waals surface area contributed by atoms with E-state index in [4.69, 9.17) is 4.18 Å². The summed E-state index contributed by atoms with van der Waals surface area (Å²) in [5, 5.41) is 20.5. The van der Waals surface area contributed by atoms with Gasteiger partial charge in [-0.25, -0.2) is 0 Å². The van der Waals surface area contributed by atoms with Crippen molar-refractivity contribution >= 4 is 21.5 Å². The lowest BCUT2D eigenvalue weighted by Crippen LogP contribution is -2.08. The van der Waals surface area contributed by atoms with E-state index >= 15 is 0 Å². The van der Waals surface area contributed by atoms with E-state index in [9.17, 15) is 28.6 Å². The van der Waals surface area contributed by atoms with Crippen LogP contribution in [-0.4, -0.2) is 18.3 Å². The van der Waals surface area contributed by atoms with Crippen molar-refractivity contribution in [3.05, 3.63) is 116 Å². The Balaban J connectivity index is 0.000000232. The van der Waals surface area contributed by atoms with Crippen LogP contribution in [0.3, 0.4) is 0 Å². The van der Waals surface area contributed by atoms with Crippen LogP contribution in [0.2, 0.25) is 0 Å². The molecule has 0 saturated heterocycles. The van der Waals surface area contributed by atoms with Crippen molar-refractivity contribution in [2.45, 2.75) is 12.4 Å². The molecule has 156 valence electrons. The van der Waals surface area contributed by atoms with Gasteiger partial charge in [0.15, 0.2) is 0 Å². The second-order valence-corrected chi connectivity index (χ2v) is 7.58. The maximum absolute atomic E-state index is 11.8. The third kappa shape index (κ3) is 7.41. The second-order valence-electron chi connectivity index (χ2n) is 5.94. The third-order valence-electron chi connectivity index (χ3n) is 3.71. The van der Waals surface area contributed by atoms with E-state index in [0.29, 0.717) is 0 Å². The Kier molecular flexibility index (Phi) is 8.15. The molecule has 30 heavy (non-hydrogen) atoms. The molecule has 0 radical (unpaired) electrons. The van der Waals surface area contributed by atoms with E-state index in [1.807, 2.05) is 48.5 Å². The van der Waals surface area contributed by atoms with E-state index in [-0.39, 0.29) is 12.4 Å². The van der Waals surface area contributed by atoms with E-state index in [0.717, 1.165) is 23.3 Å². The second kappa shape index (κ2) is 10.8. The Bertz CT molecular complexity index is 1060. The van der Waals surface area contributed by atoms with Crippen molar-refractivity contribution in [1.82, 2.24) is 0 Å². The zero-order valence-corrected chi connectivity index (χ0v) is 16.5. The van der Waals surface area contributed by atoms with Crippen LogP contribution in [0.25, 0.3) is 0 Å². The van der Waals surface area contributed by atoms with E-state index in [1.54, 1.807) is 12.1 Å². The van der Waals surface area contributed by atoms with Gasteiger partial charge in [-0.05, 0) is 11.1 Å². The molecule has 0 aliphatic rings. The predicted octanol–water partition coefficient (Wildman–Crippen LogP) is 4.24. The molecule has 0 aromatic heterocycles. The highest BCUT2D eigenvalue weighted by Gasteiger charge is 2.21. The summed E-state index contributed by atoms with van der Waals surface area (Å²) in [5.41, 5.74) is 0.602. The molecule has 0 aliphatic carbocycles. The lowest BCUT2D eigenvalue weighted by atomic mass is 10.2. The molecule has 10 heteroatoms. The first kappa shape index (κ1) is 22.7. The van der Waals surface area contributed by atoms with Crippen molar-refractivity contribution in [3.63, 3.8) is 0 Å². The smallest absolute Gasteiger partial charge is 0.265 e. The summed E-state index contributed by atoms with van der Waals surface area (Å²) in [6, 6.07) is 23.2. The topological polar surface area (TPSA) is 130 Å². The minimum atomic E-state index is -3.53. The maximum Gasteiger partial charge on any atom is 0.346 e. The summed E-state index contributed by atoms with van der Waals surface area (Å²) in [4.78, 5) is 18.9. The predicted molar refractivity (Wildman–Crippen MR) is 110 cm³/mol.